The van der Waals surface area contributed by atoms with Crippen LogP contribution in [0.25, 0.3) is 0 Å². The summed E-state index contributed by atoms with van der Waals surface area (Å²) in [5.41, 5.74) is 3.88. The molecule has 3 nitrogen and oxygen atoms in total. The maximum Gasteiger partial charge on any atom is 0.125 e. The van der Waals surface area contributed by atoms with Crippen LogP contribution < -0.4 is 0 Å². The van der Waals surface area contributed by atoms with Gasteiger partial charge in [0.1, 0.15) is 5.82 Å². The molecule has 0 N–H and O–H groups in total. The number of aromatic nitrogens is 2. The van der Waals surface area contributed by atoms with Crippen molar-refractivity contribution >= 4 is 11.6 Å². The van der Waals surface area contributed by atoms with E-state index < -0.39 is 0 Å². The summed E-state index contributed by atoms with van der Waals surface area (Å²) in [7, 11) is 0. The second-order valence-electron chi connectivity index (χ2n) is 6.07. The van der Waals surface area contributed by atoms with Gasteiger partial charge >= 0.3 is 0 Å². The summed E-state index contributed by atoms with van der Waals surface area (Å²) in [5.74, 6) is 0.886. The molecular weight excluding hydrogens is 282 g/mol. The van der Waals surface area contributed by atoms with Crippen LogP contribution in [0.4, 0.5) is 0 Å². The first-order valence-electron chi connectivity index (χ1n) is 7.53. The topological polar surface area (TPSA) is 29.0 Å². The molecular formula is C17H18ClN3. The Labute approximate surface area is 130 Å². The highest BCUT2D eigenvalue weighted by Gasteiger charge is 2.40. The number of rotatable bonds is 2. The lowest BCUT2D eigenvalue weighted by Gasteiger charge is -2.35. The molecule has 1 aromatic carbocycles. The van der Waals surface area contributed by atoms with E-state index in [2.05, 4.69) is 27.0 Å². The van der Waals surface area contributed by atoms with Crippen LogP contribution in [0.5, 0.6) is 0 Å². The molecule has 1 saturated heterocycles. The number of hydrogen-bond acceptors (Lipinski definition) is 3. The SMILES string of the molecule is Cc1ncc2c(n1)CC1CCC2N1Cc1cccc(Cl)c1. The Kier molecular flexibility index (Phi) is 3.20. The Balaban J connectivity index is 1.65. The molecule has 2 aliphatic rings. The van der Waals surface area contributed by atoms with Crippen LogP contribution >= 0.6 is 11.6 Å². The lowest BCUT2D eigenvalue weighted by Crippen LogP contribution is -2.37. The maximum absolute atomic E-state index is 6.11. The summed E-state index contributed by atoms with van der Waals surface area (Å²) < 4.78 is 0. The van der Waals surface area contributed by atoms with Crippen LogP contribution in [-0.4, -0.2) is 20.9 Å². The molecule has 2 bridgehead atoms. The fraction of sp³-hybridized carbons (Fsp3) is 0.412. The quantitative estimate of drug-likeness (QED) is 0.846. The van der Waals surface area contributed by atoms with Crippen LogP contribution in [-0.2, 0) is 13.0 Å². The molecule has 1 fully saturated rings. The minimum atomic E-state index is 0.471. The molecule has 2 unspecified atom stereocenters. The second kappa shape index (κ2) is 5.08. The van der Waals surface area contributed by atoms with Gasteiger partial charge in [0.25, 0.3) is 0 Å². The molecule has 1 aromatic heterocycles. The number of benzene rings is 1. The van der Waals surface area contributed by atoms with Crippen molar-refractivity contribution in [3.8, 4) is 0 Å². The Morgan fingerprint density at radius 2 is 2.24 bits per heavy atom. The molecule has 2 aliphatic heterocycles. The fourth-order valence-electron chi connectivity index (χ4n) is 3.77. The summed E-state index contributed by atoms with van der Waals surface area (Å²) in [6.45, 7) is 2.93. The zero-order valence-electron chi connectivity index (χ0n) is 12.1. The van der Waals surface area contributed by atoms with Gasteiger partial charge in [0, 0.05) is 41.8 Å². The highest BCUT2D eigenvalue weighted by Crippen LogP contribution is 2.43. The monoisotopic (exact) mass is 299 g/mol. The van der Waals surface area contributed by atoms with Gasteiger partial charge in [0.2, 0.25) is 0 Å². The minimum absolute atomic E-state index is 0.471. The maximum atomic E-state index is 6.11. The van der Waals surface area contributed by atoms with Gasteiger partial charge in [-0.1, -0.05) is 23.7 Å². The number of nitrogens with zero attached hydrogens (tertiary/aromatic N) is 3. The van der Waals surface area contributed by atoms with Crippen LogP contribution in [0, 0.1) is 6.92 Å². The van der Waals surface area contributed by atoms with Crippen molar-refractivity contribution in [1.29, 1.82) is 0 Å². The van der Waals surface area contributed by atoms with Crippen molar-refractivity contribution in [3.05, 3.63) is 58.1 Å². The van der Waals surface area contributed by atoms with Crippen LogP contribution in [0.1, 0.15) is 41.5 Å². The molecule has 2 atom stereocenters. The highest BCUT2D eigenvalue weighted by atomic mass is 35.5. The lowest BCUT2D eigenvalue weighted by molar-refractivity contribution is 0.166. The number of hydrogen-bond donors (Lipinski definition) is 0. The van der Waals surface area contributed by atoms with Crippen LogP contribution in [0.2, 0.25) is 5.02 Å². The van der Waals surface area contributed by atoms with Gasteiger partial charge in [0.05, 0.1) is 5.69 Å². The molecule has 2 aromatic rings. The van der Waals surface area contributed by atoms with E-state index in [0.29, 0.717) is 12.1 Å². The van der Waals surface area contributed by atoms with Gasteiger partial charge in [0.15, 0.2) is 0 Å². The van der Waals surface area contributed by atoms with Gasteiger partial charge in [-0.15, -0.1) is 0 Å². The van der Waals surface area contributed by atoms with Crippen LogP contribution in [0.15, 0.2) is 30.5 Å². The fourth-order valence-corrected chi connectivity index (χ4v) is 3.98. The van der Waals surface area contributed by atoms with Crippen molar-refractivity contribution in [3.63, 3.8) is 0 Å². The van der Waals surface area contributed by atoms with E-state index in [0.717, 1.165) is 23.8 Å². The summed E-state index contributed by atoms with van der Waals surface area (Å²) in [5, 5.41) is 0.816. The summed E-state index contributed by atoms with van der Waals surface area (Å²) in [6, 6.07) is 9.27. The van der Waals surface area contributed by atoms with E-state index in [1.165, 1.54) is 29.7 Å². The average molecular weight is 300 g/mol. The van der Waals surface area contributed by atoms with Crippen molar-refractivity contribution in [2.75, 3.05) is 0 Å². The zero-order chi connectivity index (χ0) is 14.4. The smallest absolute Gasteiger partial charge is 0.125 e. The normalized spacial score (nSPS) is 24.1. The van der Waals surface area contributed by atoms with E-state index in [9.17, 15) is 0 Å². The summed E-state index contributed by atoms with van der Waals surface area (Å²) in [4.78, 5) is 11.7. The molecule has 3 heterocycles. The predicted molar refractivity (Wildman–Crippen MR) is 83.2 cm³/mol. The molecule has 0 amide bonds. The third-order valence-electron chi connectivity index (χ3n) is 4.71. The van der Waals surface area contributed by atoms with Gasteiger partial charge in [-0.05, 0) is 37.5 Å². The second-order valence-corrected chi connectivity index (χ2v) is 6.51. The first-order valence-corrected chi connectivity index (χ1v) is 7.91. The Morgan fingerprint density at radius 1 is 1.33 bits per heavy atom. The highest BCUT2D eigenvalue weighted by molar-refractivity contribution is 6.30. The number of aryl methyl sites for hydroxylation is 1. The van der Waals surface area contributed by atoms with Gasteiger partial charge in [-0.2, -0.15) is 0 Å². The van der Waals surface area contributed by atoms with Gasteiger partial charge in [-0.25, -0.2) is 9.97 Å². The van der Waals surface area contributed by atoms with Crippen molar-refractivity contribution in [1.82, 2.24) is 14.9 Å². The van der Waals surface area contributed by atoms with Crippen molar-refractivity contribution in [2.45, 2.75) is 44.8 Å². The van der Waals surface area contributed by atoms with E-state index in [1.807, 2.05) is 25.3 Å². The molecule has 0 aliphatic carbocycles. The largest absolute Gasteiger partial charge is 0.289 e. The predicted octanol–water partition coefficient (Wildman–Crippen LogP) is 3.70. The number of halogens is 1. The van der Waals surface area contributed by atoms with Gasteiger partial charge < -0.3 is 0 Å². The van der Waals surface area contributed by atoms with E-state index in [-0.39, 0.29) is 0 Å². The minimum Gasteiger partial charge on any atom is -0.289 e. The molecule has 108 valence electrons. The molecule has 21 heavy (non-hydrogen) atoms. The van der Waals surface area contributed by atoms with Crippen molar-refractivity contribution < 1.29 is 0 Å². The Morgan fingerprint density at radius 3 is 3.10 bits per heavy atom. The molecule has 0 spiro atoms. The summed E-state index contributed by atoms with van der Waals surface area (Å²) in [6.07, 6.45) is 5.55. The zero-order valence-corrected chi connectivity index (χ0v) is 12.8. The average Bonchev–Trinajstić information content (AvgIpc) is 2.73. The lowest BCUT2D eigenvalue weighted by atomic mass is 9.98. The standard InChI is InChI=1S/C17H18ClN3/c1-11-19-9-15-16(20-11)8-14-5-6-17(15)21(14)10-12-3-2-4-13(18)7-12/h2-4,7,9,14,17H,5-6,8,10H2,1H3. The Hall–Kier alpha value is -1.45. The number of fused-ring (bicyclic) bond motifs is 4. The van der Waals surface area contributed by atoms with Crippen molar-refractivity contribution in [2.24, 2.45) is 0 Å². The molecule has 0 radical (unpaired) electrons. The first-order chi connectivity index (χ1) is 10.2. The van der Waals surface area contributed by atoms with E-state index in [1.54, 1.807) is 0 Å². The first kappa shape index (κ1) is 13.2. The molecule has 4 rings (SSSR count). The molecule has 0 saturated carbocycles. The van der Waals surface area contributed by atoms with E-state index in [4.69, 9.17) is 11.6 Å². The third kappa shape index (κ3) is 2.34. The van der Waals surface area contributed by atoms with Gasteiger partial charge in [-0.3, -0.25) is 4.90 Å². The molecule has 4 heteroatoms. The van der Waals surface area contributed by atoms with E-state index >= 15 is 0 Å². The van der Waals surface area contributed by atoms with Crippen LogP contribution in [0.3, 0.4) is 0 Å². The Bertz CT molecular complexity index is 685. The third-order valence-corrected chi connectivity index (χ3v) is 4.94. The summed E-state index contributed by atoms with van der Waals surface area (Å²) >= 11 is 6.11.